The molecule has 1 aromatic rings. The second kappa shape index (κ2) is 6.38. The van der Waals surface area contributed by atoms with E-state index in [0.717, 1.165) is 19.3 Å². The molecule has 6 nitrogen and oxygen atoms in total. The molecule has 0 saturated carbocycles. The van der Waals surface area contributed by atoms with E-state index in [9.17, 15) is 8.42 Å². The molecule has 2 N–H and O–H groups in total. The molecule has 0 bridgehead atoms. The fourth-order valence-electron chi connectivity index (χ4n) is 2.04. The zero-order chi connectivity index (χ0) is 14.6. The second-order valence-corrected chi connectivity index (χ2v) is 6.77. The van der Waals surface area contributed by atoms with Gasteiger partial charge in [-0.25, -0.2) is 13.4 Å². The van der Waals surface area contributed by atoms with Crippen molar-refractivity contribution in [3.05, 3.63) is 6.33 Å². The minimum atomic E-state index is -3.59. The van der Waals surface area contributed by atoms with Crippen LogP contribution in [0.4, 0.5) is 5.82 Å². The number of nitrogen functional groups attached to an aromatic ring is 1. The van der Waals surface area contributed by atoms with E-state index in [-0.39, 0.29) is 16.9 Å². The minimum Gasteiger partial charge on any atom is -0.381 e. The Morgan fingerprint density at radius 3 is 2.47 bits per heavy atom. The molecule has 0 fully saturated rings. The molecule has 0 aliphatic heterocycles. The van der Waals surface area contributed by atoms with Gasteiger partial charge in [-0.15, -0.1) is 0 Å². The summed E-state index contributed by atoms with van der Waals surface area (Å²) in [6.07, 6.45) is 4.35. The fourth-order valence-corrected chi connectivity index (χ4v) is 3.91. The van der Waals surface area contributed by atoms with Gasteiger partial charge < -0.3 is 10.3 Å². The van der Waals surface area contributed by atoms with Gasteiger partial charge >= 0.3 is 0 Å². The zero-order valence-electron chi connectivity index (χ0n) is 12.1. The third kappa shape index (κ3) is 3.48. The summed E-state index contributed by atoms with van der Waals surface area (Å²) in [7, 11) is -1.95. The van der Waals surface area contributed by atoms with Crippen molar-refractivity contribution >= 4 is 15.8 Å². The number of nitrogens with zero attached hydrogens (tertiary/aromatic N) is 3. The van der Waals surface area contributed by atoms with Crippen LogP contribution in [0.1, 0.15) is 40.0 Å². The number of imidazole rings is 1. The lowest BCUT2D eigenvalue weighted by molar-refractivity contribution is 0.343. The maximum absolute atomic E-state index is 12.7. The van der Waals surface area contributed by atoms with E-state index < -0.39 is 10.0 Å². The number of aryl methyl sites for hydroxylation is 1. The van der Waals surface area contributed by atoms with Crippen molar-refractivity contribution in [3.8, 4) is 0 Å². The van der Waals surface area contributed by atoms with Crippen LogP contribution in [0.5, 0.6) is 0 Å². The Morgan fingerprint density at radius 1 is 1.42 bits per heavy atom. The molecular formula is C12H24N4O2S. The van der Waals surface area contributed by atoms with Gasteiger partial charge in [0.1, 0.15) is 0 Å². The molecule has 0 atom stereocenters. The molecule has 0 saturated heterocycles. The molecule has 0 aliphatic carbocycles. The average molecular weight is 288 g/mol. The van der Waals surface area contributed by atoms with Gasteiger partial charge in [0.25, 0.3) is 10.0 Å². The summed E-state index contributed by atoms with van der Waals surface area (Å²) in [5.41, 5.74) is 5.68. The molecule has 110 valence electrons. The maximum Gasteiger partial charge on any atom is 0.262 e. The molecular weight excluding hydrogens is 264 g/mol. The molecule has 0 amide bonds. The first-order valence-electron chi connectivity index (χ1n) is 6.61. The lowest BCUT2D eigenvalue weighted by atomic mass is 10.2. The fraction of sp³-hybridized carbons (Fsp3) is 0.750. The van der Waals surface area contributed by atoms with E-state index in [1.807, 2.05) is 13.8 Å². The highest BCUT2D eigenvalue weighted by molar-refractivity contribution is 7.89. The van der Waals surface area contributed by atoms with E-state index in [1.165, 1.54) is 15.2 Å². The molecule has 0 spiro atoms. The van der Waals surface area contributed by atoms with E-state index in [4.69, 9.17) is 5.73 Å². The summed E-state index contributed by atoms with van der Waals surface area (Å²) in [6, 6.07) is -0.101. The van der Waals surface area contributed by atoms with Crippen LogP contribution in [-0.2, 0) is 17.1 Å². The number of rotatable bonds is 7. The van der Waals surface area contributed by atoms with Crippen LogP contribution in [0.15, 0.2) is 11.4 Å². The number of hydrogen-bond acceptors (Lipinski definition) is 4. The summed E-state index contributed by atoms with van der Waals surface area (Å²) >= 11 is 0. The standard InChI is InChI=1S/C12H24N4O2S/c1-5-6-7-8-16(10(2)3)19(17,18)12-11(13)14-9-15(12)4/h9-10H,5-8,13H2,1-4H3. The van der Waals surface area contributed by atoms with Crippen LogP contribution in [-0.4, -0.2) is 34.9 Å². The van der Waals surface area contributed by atoms with Crippen molar-refractivity contribution in [3.63, 3.8) is 0 Å². The van der Waals surface area contributed by atoms with Gasteiger partial charge in [0, 0.05) is 19.6 Å². The topological polar surface area (TPSA) is 81.2 Å². The van der Waals surface area contributed by atoms with Crippen molar-refractivity contribution in [2.75, 3.05) is 12.3 Å². The molecule has 19 heavy (non-hydrogen) atoms. The maximum atomic E-state index is 12.7. The van der Waals surface area contributed by atoms with Crippen molar-refractivity contribution in [2.24, 2.45) is 7.05 Å². The summed E-state index contributed by atoms with van der Waals surface area (Å²) in [4.78, 5) is 3.86. The van der Waals surface area contributed by atoms with E-state index in [2.05, 4.69) is 11.9 Å². The summed E-state index contributed by atoms with van der Waals surface area (Å²) in [6.45, 7) is 6.35. The third-order valence-corrected chi connectivity index (χ3v) is 5.23. The van der Waals surface area contributed by atoms with Gasteiger partial charge in [-0.1, -0.05) is 19.8 Å². The molecule has 0 aromatic carbocycles. The van der Waals surface area contributed by atoms with Crippen molar-refractivity contribution < 1.29 is 8.42 Å². The number of hydrogen-bond donors (Lipinski definition) is 1. The number of anilines is 1. The first kappa shape index (κ1) is 16.0. The quantitative estimate of drug-likeness (QED) is 0.773. The molecule has 0 radical (unpaired) electrons. The first-order valence-corrected chi connectivity index (χ1v) is 8.05. The number of aromatic nitrogens is 2. The van der Waals surface area contributed by atoms with Crippen LogP contribution in [0.3, 0.4) is 0 Å². The van der Waals surface area contributed by atoms with Crippen molar-refractivity contribution in [2.45, 2.75) is 51.1 Å². The van der Waals surface area contributed by atoms with Gasteiger partial charge in [0.15, 0.2) is 10.8 Å². The Morgan fingerprint density at radius 2 is 2.05 bits per heavy atom. The lowest BCUT2D eigenvalue weighted by Crippen LogP contribution is -2.38. The Bertz CT molecular complexity index is 488. The van der Waals surface area contributed by atoms with Crippen LogP contribution in [0.25, 0.3) is 0 Å². The molecule has 0 unspecified atom stereocenters. The third-order valence-electron chi connectivity index (χ3n) is 3.02. The zero-order valence-corrected chi connectivity index (χ0v) is 12.9. The predicted molar refractivity (Wildman–Crippen MR) is 76.2 cm³/mol. The minimum absolute atomic E-state index is 0.0589. The van der Waals surface area contributed by atoms with Gasteiger partial charge in [-0.05, 0) is 20.3 Å². The van der Waals surface area contributed by atoms with Crippen molar-refractivity contribution in [1.29, 1.82) is 0 Å². The molecule has 1 rings (SSSR count). The van der Waals surface area contributed by atoms with E-state index >= 15 is 0 Å². The monoisotopic (exact) mass is 288 g/mol. The highest BCUT2D eigenvalue weighted by Gasteiger charge is 2.31. The smallest absolute Gasteiger partial charge is 0.262 e. The molecule has 1 aromatic heterocycles. The van der Waals surface area contributed by atoms with Crippen LogP contribution >= 0.6 is 0 Å². The Hall–Kier alpha value is -1.08. The van der Waals surface area contributed by atoms with Gasteiger partial charge in [-0.2, -0.15) is 4.31 Å². The van der Waals surface area contributed by atoms with E-state index in [1.54, 1.807) is 7.05 Å². The number of nitrogens with two attached hydrogens (primary N) is 1. The van der Waals surface area contributed by atoms with Gasteiger partial charge in [-0.3, -0.25) is 0 Å². The first-order chi connectivity index (χ1) is 8.82. The number of unbranched alkanes of at least 4 members (excludes halogenated alkanes) is 2. The Kier molecular flexibility index (Phi) is 5.37. The molecule has 1 heterocycles. The lowest BCUT2D eigenvalue weighted by Gasteiger charge is -2.26. The second-order valence-electron chi connectivity index (χ2n) is 4.96. The summed E-state index contributed by atoms with van der Waals surface area (Å²) < 4.78 is 28.3. The van der Waals surface area contributed by atoms with E-state index in [0.29, 0.717) is 6.54 Å². The highest BCUT2D eigenvalue weighted by Crippen LogP contribution is 2.23. The van der Waals surface area contributed by atoms with Crippen LogP contribution in [0.2, 0.25) is 0 Å². The SMILES string of the molecule is CCCCCN(C(C)C)S(=O)(=O)c1c(N)ncn1C. The Balaban J connectivity index is 3.07. The van der Waals surface area contributed by atoms with Gasteiger partial charge in [0.05, 0.1) is 6.33 Å². The number of sulfonamides is 1. The average Bonchev–Trinajstić information content (AvgIpc) is 2.64. The predicted octanol–water partition coefficient (Wildman–Crippen LogP) is 1.59. The van der Waals surface area contributed by atoms with Crippen LogP contribution < -0.4 is 5.73 Å². The molecule has 7 heteroatoms. The largest absolute Gasteiger partial charge is 0.381 e. The highest BCUT2D eigenvalue weighted by atomic mass is 32.2. The van der Waals surface area contributed by atoms with Crippen LogP contribution in [0, 0.1) is 0 Å². The van der Waals surface area contributed by atoms with Gasteiger partial charge in [0.2, 0.25) is 0 Å². The van der Waals surface area contributed by atoms with Crippen molar-refractivity contribution in [1.82, 2.24) is 13.9 Å². The Labute approximate surface area is 115 Å². The summed E-state index contributed by atoms with van der Waals surface area (Å²) in [5, 5.41) is 0.0812. The normalized spacial score (nSPS) is 12.5. The summed E-state index contributed by atoms with van der Waals surface area (Å²) in [5.74, 6) is 0.0589. The molecule has 0 aliphatic rings.